The summed E-state index contributed by atoms with van der Waals surface area (Å²) < 4.78 is 6.83. The smallest absolute Gasteiger partial charge is 0.303 e. The molecule has 1 aromatic carbocycles. The molecular formula is C12H13N3O3. The minimum Gasteiger partial charge on any atom is -0.494 e. The Labute approximate surface area is 104 Å². The van der Waals surface area contributed by atoms with Crippen molar-refractivity contribution in [3.63, 3.8) is 0 Å². The van der Waals surface area contributed by atoms with E-state index in [1.54, 1.807) is 24.2 Å². The molecule has 2 rings (SSSR count). The first kappa shape index (κ1) is 12.1. The lowest BCUT2D eigenvalue weighted by atomic mass is 10.1. The van der Waals surface area contributed by atoms with Crippen LogP contribution in [0.15, 0.2) is 30.9 Å². The monoisotopic (exact) mass is 247 g/mol. The summed E-state index contributed by atoms with van der Waals surface area (Å²) in [6.07, 6.45) is 3.58. The van der Waals surface area contributed by atoms with Gasteiger partial charge in [0.1, 0.15) is 24.1 Å². The van der Waals surface area contributed by atoms with Gasteiger partial charge in [0.25, 0.3) is 0 Å². The number of carboxylic acid groups (broad SMARTS) is 1. The molecule has 0 amide bonds. The molecule has 0 radical (unpaired) electrons. The first-order chi connectivity index (χ1) is 8.70. The Hall–Kier alpha value is -2.37. The highest BCUT2D eigenvalue weighted by Crippen LogP contribution is 2.23. The molecule has 0 bridgehead atoms. The molecule has 1 N–H and O–H groups in total. The van der Waals surface area contributed by atoms with Crippen LogP contribution in [0.25, 0.3) is 5.69 Å². The molecular weight excluding hydrogens is 234 g/mol. The van der Waals surface area contributed by atoms with Crippen molar-refractivity contribution < 1.29 is 14.6 Å². The van der Waals surface area contributed by atoms with Gasteiger partial charge in [-0.15, -0.1) is 0 Å². The number of rotatable bonds is 5. The third-order valence-electron chi connectivity index (χ3n) is 2.54. The molecule has 1 aromatic heterocycles. The van der Waals surface area contributed by atoms with Crippen LogP contribution in [0.4, 0.5) is 0 Å². The SMILES string of the molecule is COc1ccc(CCC(=O)O)cc1-n1cncn1. The van der Waals surface area contributed by atoms with E-state index in [1.165, 1.54) is 6.33 Å². The van der Waals surface area contributed by atoms with Crippen LogP contribution in [0.5, 0.6) is 5.75 Å². The first-order valence-corrected chi connectivity index (χ1v) is 5.44. The zero-order chi connectivity index (χ0) is 13.0. The van der Waals surface area contributed by atoms with Gasteiger partial charge in [-0.25, -0.2) is 9.67 Å². The standard InChI is InChI=1S/C12H13N3O3/c1-18-11-4-2-9(3-5-12(16)17)6-10(11)15-8-13-7-14-15/h2,4,6-8H,3,5H2,1H3,(H,16,17). The molecule has 18 heavy (non-hydrogen) atoms. The van der Waals surface area contributed by atoms with Gasteiger partial charge in [-0.3, -0.25) is 4.79 Å². The maximum absolute atomic E-state index is 10.6. The summed E-state index contributed by atoms with van der Waals surface area (Å²) in [7, 11) is 1.58. The third-order valence-corrected chi connectivity index (χ3v) is 2.54. The highest BCUT2D eigenvalue weighted by Gasteiger charge is 2.08. The first-order valence-electron chi connectivity index (χ1n) is 5.44. The van der Waals surface area contributed by atoms with Crippen molar-refractivity contribution in [3.8, 4) is 11.4 Å². The van der Waals surface area contributed by atoms with Crippen LogP contribution in [0.3, 0.4) is 0 Å². The zero-order valence-corrected chi connectivity index (χ0v) is 9.91. The Kier molecular flexibility index (Phi) is 3.57. The average Bonchev–Trinajstić information content (AvgIpc) is 2.89. The van der Waals surface area contributed by atoms with Crippen LogP contribution in [0.2, 0.25) is 0 Å². The van der Waals surface area contributed by atoms with Gasteiger partial charge >= 0.3 is 5.97 Å². The number of methoxy groups -OCH3 is 1. The van der Waals surface area contributed by atoms with Crippen LogP contribution < -0.4 is 4.74 Å². The second kappa shape index (κ2) is 5.31. The van der Waals surface area contributed by atoms with E-state index >= 15 is 0 Å². The molecule has 0 unspecified atom stereocenters. The number of nitrogens with zero attached hydrogens (tertiary/aromatic N) is 3. The van der Waals surface area contributed by atoms with E-state index in [9.17, 15) is 4.79 Å². The number of benzene rings is 1. The molecule has 0 saturated carbocycles. The number of aromatic nitrogens is 3. The van der Waals surface area contributed by atoms with Crippen molar-refractivity contribution in [2.24, 2.45) is 0 Å². The largest absolute Gasteiger partial charge is 0.494 e. The fraction of sp³-hybridized carbons (Fsp3) is 0.250. The maximum atomic E-state index is 10.6. The van der Waals surface area contributed by atoms with Crippen LogP contribution in [0.1, 0.15) is 12.0 Å². The van der Waals surface area contributed by atoms with Crippen LogP contribution in [-0.4, -0.2) is 33.0 Å². The number of hydrogen-bond acceptors (Lipinski definition) is 4. The molecule has 1 heterocycles. The second-order valence-corrected chi connectivity index (χ2v) is 3.74. The Morgan fingerprint density at radius 2 is 2.33 bits per heavy atom. The minimum atomic E-state index is -0.812. The molecule has 94 valence electrons. The summed E-state index contributed by atoms with van der Waals surface area (Å²) in [5.41, 5.74) is 1.67. The van der Waals surface area contributed by atoms with Crippen molar-refractivity contribution in [2.45, 2.75) is 12.8 Å². The summed E-state index contributed by atoms with van der Waals surface area (Å²) in [5.74, 6) is -0.146. The quantitative estimate of drug-likeness (QED) is 0.861. The van der Waals surface area contributed by atoms with Gasteiger partial charge in [0.05, 0.1) is 7.11 Å². The topological polar surface area (TPSA) is 77.2 Å². The minimum absolute atomic E-state index is 0.100. The summed E-state index contributed by atoms with van der Waals surface area (Å²) in [6, 6.07) is 5.51. The fourth-order valence-corrected chi connectivity index (χ4v) is 1.65. The number of ether oxygens (including phenoxy) is 1. The lowest BCUT2D eigenvalue weighted by Gasteiger charge is -2.09. The second-order valence-electron chi connectivity index (χ2n) is 3.74. The highest BCUT2D eigenvalue weighted by molar-refractivity contribution is 5.67. The molecule has 6 nitrogen and oxygen atoms in total. The number of carboxylic acids is 1. The van der Waals surface area contributed by atoms with E-state index in [-0.39, 0.29) is 6.42 Å². The Morgan fingerprint density at radius 3 is 2.94 bits per heavy atom. The van der Waals surface area contributed by atoms with Gasteiger partial charge in [-0.1, -0.05) is 6.07 Å². The molecule has 0 spiro atoms. The van der Waals surface area contributed by atoms with Gasteiger partial charge in [-0.2, -0.15) is 5.10 Å². The van der Waals surface area contributed by atoms with Crippen molar-refractivity contribution in [1.29, 1.82) is 0 Å². The van der Waals surface area contributed by atoms with Crippen LogP contribution in [0, 0.1) is 0 Å². The number of carbonyl (C=O) groups is 1. The van der Waals surface area contributed by atoms with Gasteiger partial charge in [0.2, 0.25) is 0 Å². The lowest BCUT2D eigenvalue weighted by molar-refractivity contribution is -0.136. The molecule has 0 fully saturated rings. The summed E-state index contributed by atoms with van der Waals surface area (Å²) >= 11 is 0. The van der Waals surface area contributed by atoms with Gasteiger partial charge in [-0.05, 0) is 24.1 Å². The third kappa shape index (κ3) is 2.65. The van der Waals surface area contributed by atoms with Crippen molar-refractivity contribution in [1.82, 2.24) is 14.8 Å². The van der Waals surface area contributed by atoms with Crippen molar-refractivity contribution in [3.05, 3.63) is 36.4 Å². The van der Waals surface area contributed by atoms with Crippen molar-refractivity contribution >= 4 is 5.97 Å². The predicted octanol–water partition coefficient (Wildman–Crippen LogP) is 1.29. The van der Waals surface area contributed by atoms with E-state index in [2.05, 4.69) is 10.1 Å². The van der Waals surface area contributed by atoms with E-state index in [4.69, 9.17) is 9.84 Å². The van der Waals surface area contributed by atoms with E-state index in [0.29, 0.717) is 12.2 Å². The maximum Gasteiger partial charge on any atom is 0.303 e. The van der Waals surface area contributed by atoms with E-state index in [0.717, 1.165) is 11.3 Å². The Morgan fingerprint density at radius 1 is 1.50 bits per heavy atom. The zero-order valence-electron chi connectivity index (χ0n) is 9.91. The van der Waals surface area contributed by atoms with Gasteiger partial charge < -0.3 is 9.84 Å². The molecule has 0 atom stereocenters. The molecule has 0 aliphatic rings. The molecule has 0 aliphatic carbocycles. The summed E-state index contributed by atoms with van der Waals surface area (Å²) in [4.78, 5) is 14.4. The van der Waals surface area contributed by atoms with Crippen LogP contribution in [-0.2, 0) is 11.2 Å². The van der Waals surface area contributed by atoms with Gasteiger partial charge in [0.15, 0.2) is 0 Å². The Balaban J connectivity index is 2.31. The van der Waals surface area contributed by atoms with E-state index < -0.39 is 5.97 Å². The fourth-order valence-electron chi connectivity index (χ4n) is 1.65. The molecule has 6 heteroatoms. The normalized spacial score (nSPS) is 10.3. The molecule has 2 aromatic rings. The summed E-state index contributed by atoms with van der Waals surface area (Å²) in [5, 5.41) is 12.7. The van der Waals surface area contributed by atoms with Crippen molar-refractivity contribution in [2.75, 3.05) is 7.11 Å². The van der Waals surface area contributed by atoms with E-state index in [1.807, 2.05) is 12.1 Å². The number of aliphatic carboxylic acids is 1. The number of aryl methyl sites for hydroxylation is 1. The lowest BCUT2D eigenvalue weighted by Crippen LogP contribution is -2.02. The summed E-state index contributed by atoms with van der Waals surface area (Å²) in [6.45, 7) is 0. The number of hydrogen-bond donors (Lipinski definition) is 1. The predicted molar refractivity (Wildman–Crippen MR) is 63.9 cm³/mol. The molecule has 0 saturated heterocycles. The van der Waals surface area contributed by atoms with Gasteiger partial charge in [0, 0.05) is 6.42 Å². The Bertz CT molecular complexity index is 538. The van der Waals surface area contributed by atoms with Crippen LogP contribution >= 0.6 is 0 Å². The molecule has 0 aliphatic heterocycles. The highest BCUT2D eigenvalue weighted by atomic mass is 16.5. The average molecular weight is 247 g/mol.